The Morgan fingerprint density at radius 2 is 1.59 bits per heavy atom. The van der Waals surface area contributed by atoms with Gasteiger partial charge in [-0.3, -0.25) is 14.4 Å². The van der Waals surface area contributed by atoms with E-state index in [9.17, 15) is 14.4 Å². The first-order chi connectivity index (χ1) is 7.84. The molecule has 17 heavy (non-hydrogen) atoms. The Labute approximate surface area is 99.5 Å². The van der Waals surface area contributed by atoms with Crippen molar-refractivity contribution in [3.63, 3.8) is 0 Å². The molecular formula is C11H16O6. The Morgan fingerprint density at radius 1 is 1.18 bits per heavy atom. The number of hydrogen-bond acceptors (Lipinski definition) is 6. The molecule has 0 rings (SSSR count). The van der Waals surface area contributed by atoms with E-state index in [0.29, 0.717) is 0 Å². The van der Waals surface area contributed by atoms with Crippen molar-refractivity contribution in [1.82, 2.24) is 0 Å². The molecule has 0 bridgehead atoms. The van der Waals surface area contributed by atoms with Crippen LogP contribution in [0.2, 0.25) is 0 Å². The third-order valence-electron chi connectivity index (χ3n) is 2.29. The third-order valence-corrected chi connectivity index (χ3v) is 2.29. The molecule has 0 heterocycles. The van der Waals surface area contributed by atoms with E-state index in [1.54, 1.807) is 0 Å². The maximum atomic E-state index is 11.7. The van der Waals surface area contributed by atoms with E-state index in [4.69, 9.17) is 4.74 Å². The van der Waals surface area contributed by atoms with Crippen molar-refractivity contribution in [3.05, 3.63) is 12.7 Å². The van der Waals surface area contributed by atoms with Gasteiger partial charge >= 0.3 is 17.9 Å². The van der Waals surface area contributed by atoms with Crippen LogP contribution in [0.3, 0.4) is 0 Å². The molecule has 0 radical (unpaired) electrons. The quantitative estimate of drug-likeness (QED) is 0.302. The molecule has 0 aromatic heterocycles. The van der Waals surface area contributed by atoms with Crippen LogP contribution >= 0.6 is 0 Å². The minimum absolute atomic E-state index is 0.645. The molecule has 0 fully saturated rings. The Bertz CT molecular complexity index is 317. The average molecular weight is 244 g/mol. The second-order valence-electron chi connectivity index (χ2n) is 3.45. The average Bonchev–Trinajstić information content (AvgIpc) is 2.32. The van der Waals surface area contributed by atoms with Crippen molar-refractivity contribution in [3.8, 4) is 0 Å². The van der Waals surface area contributed by atoms with Gasteiger partial charge in [-0.25, -0.2) is 0 Å². The molecule has 0 spiro atoms. The standard InChI is InChI=1S/C11H16O6/c1-6-8(17-7(2)12)11(3,9(13)15-4)10(14)16-5/h6,8H,1H2,2-5H3/t8-/m1/s1. The van der Waals surface area contributed by atoms with Gasteiger partial charge in [0.1, 0.15) is 6.10 Å². The lowest BCUT2D eigenvalue weighted by molar-refractivity contribution is -0.178. The number of hydrogen-bond donors (Lipinski definition) is 0. The molecule has 0 N–H and O–H groups in total. The van der Waals surface area contributed by atoms with Crippen LogP contribution in [0.1, 0.15) is 13.8 Å². The molecule has 96 valence electrons. The summed E-state index contributed by atoms with van der Waals surface area (Å²) in [7, 11) is 2.24. The smallest absolute Gasteiger partial charge is 0.327 e. The fraction of sp³-hybridized carbons (Fsp3) is 0.545. The summed E-state index contributed by atoms with van der Waals surface area (Å²) in [6.45, 7) is 5.84. The molecule has 0 aromatic carbocycles. The highest BCUT2D eigenvalue weighted by Crippen LogP contribution is 2.28. The van der Waals surface area contributed by atoms with Crippen LogP contribution in [0.5, 0.6) is 0 Å². The highest BCUT2D eigenvalue weighted by Gasteiger charge is 2.51. The largest absolute Gasteiger partial charge is 0.468 e. The summed E-state index contributed by atoms with van der Waals surface area (Å²) in [6.07, 6.45) is 0.0230. The number of esters is 3. The van der Waals surface area contributed by atoms with Gasteiger partial charge in [-0.05, 0) is 13.0 Å². The Morgan fingerprint density at radius 3 is 1.82 bits per heavy atom. The zero-order valence-corrected chi connectivity index (χ0v) is 10.3. The SMILES string of the molecule is C=C[C@@H](OC(C)=O)C(C)(C(=O)OC)C(=O)OC. The summed E-state index contributed by atoms with van der Waals surface area (Å²) in [5, 5.41) is 0. The molecule has 0 aliphatic carbocycles. The monoisotopic (exact) mass is 244 g/mol. The van der Waals surface area contributed by atoms with Gasteiger partial charge in [0.05, 0.1) is 14.2 Å². The number of ether oxygens (including phenoxy) is 3. The number of methoxy groups -OCH3 is 2. The first-order valence-electron chi connectivity index (χ1n) is 4.81. The summed E-state index contributed by atoms with van der Waals surface area (Å²) in [5.41, 5.74) is -1.77. The second-order valence-corrected chi connectivity index (χ2v) is 3.45. The van der Waals surface area contributed by atoms with Crippen LogP contribution < -0.4 is 0 Å². The van der Waals surface area contributed by atoms with Crippen LogP contribution in [0.4, 0.5) is 0 Å². The molecule has 0 unspecified atom stereocenters. The van der Waals surface area contributed by atoms with Crippen LogP contribution in [-0.2, 0) is 28.6 Å². The fourth-order valence-electron chi connectivity index (χ4n) is 1.32. The van der Waals surface area contributed by atoms with Gasteiger partial charge in [0.25, 0.3) is 0 Å². The van der Waals surface area contributed by atoms with Crippen molar-refractivity contribution in [2.24, 2.45) is 5.41 Å². The molecule has 0 saturated carbocycles. The summed E-state index contributed by atoms with van der Waals surface area (Å²) in [5.74, 6) is -2.38. The van der Waals surface area contributed by atoms with Crippen molar-refractivity contribution >= 4 is 17.9 Å². The fourth-order valence-corrected chi connectivity index (χ4v) is 1.32. The zero-order valence-electron chi connectivity index (χ0n) is 10.3. The number of carbonyl (C=O) groups is 3. The van der Waals surface area contributed by atoms with Gasteiger partial charge in [0.2, 0.25) is 5.41 Å². The number of rotatable bonds is 5. The van der Waals surface area contributed by atoms with Gasteiger partial charge in [-0.1, -0.05) is 6.58 Å². The van der Waals surface area contributed by atoms with Crippen molar-refractivity contribution < 1.29 is 28.6 Å². The highest BCUT2D eigenvalue weighted by atomic mass is 16.6. The van der Waals surface area contributed by atoms with Crippen LogP contribution in [-0.4, -0.2) is 38.2 Å². The molecule has 0 aromatic rings. The molecule has 6 nitrogen and oxygen atoms in total. The predicted molar refractivity (Wildman–Crippen MR) is 57.9 cm³/mol. The Balaban J connectivity index is 5.41. The first-order valence-corrected chi connectivity index (χ1v) is 4.81. The van der Waals surface area contributed by atoms with E-state index in [1.807, 2.05) is 0 Å². The topological polar surface area (TPSA) is 78.9 Å². The third kappa shape index (κ3) is 3.05. The van der Waals surface area contributed by atoms with E-state index in [0.717, 1.165) is 21.1 Å². The lowest BCUT2D eigenvalue weighted by atomic mass is 9.84. The molecule has 0 aliphatic heterocycles. The maximum Gasteiger partial charge on any atom is 0.327 e. The lowest BCUT2D eigenvalue weighted by Gasteiger charge is -2.29. The van der Waals surface area contributed by atoms with E-state index in [2.05, 4.69) is 16.1 Å². The summed E-state index contributed by atoms with van der Waals surface area (Å²) >= 11 is 0. The van der Waals surface area contributed by atoms with Gasteiger partial charge in [-0.15, -0.1) is 0 Å². The van der Waals surface area contributed by atoms with Gasteiger partial charge in [-0.2, -0.15) is 0 Å². The molecule has 1 atom stereocenters. The Kier molecular flexibility index (Phi) is 5.37. The minimum Gasteiger partial charge on any atom is -0.468 e. The van der Waals surface area contributed by atoms with Crippen LogP contribution in [0, 0.1) is 5.41 Å². The number of carbonyl (C=O) groups excluding carboxylic acids is 3. The summed E-state index contributed by atoms with van der Waals surface area (Å²) in [6, 6.07) is 0. The second kappa shape index (κ2) is 6.03. The maximum absolute atomic E-state index is 11.7. The lowest BCUT2D eigenvalue weighted by Crippen LogP contribution is -2.48. The van der Waals surface area contributed by atoms with E-state index < -0.39 is 29.4 Å². The van der Waals surface area contributed by atoms with Crippen LogP contribution in [0.25, 0.3) is 0 Å². The van der Waals surface area contributed by atoms with Crippen molar-refractivity contribution in [2.45, 2.75) is 20.0 Å². The zero-order chi connectivity index (χ0) is 13.6. The van der Waals surface area contributed by atoms with E-state index in [1.165, 1.54) is 13.0 Å². The molecule has 0 saturated heterocycles. The van der Waals surface area contributed by atoms with Crippen LogP contribution in [0.15, 0.2) is 12.7 Å². The summed E-state index contributed by atoms with van der Waals surface area (Å²) < 4.78 is 13.9. The normalized spacial score (nSPS) is 12.2. The van der Waals surface area contributed by atoms with Gasteiger partial charge in [0, 0.05) is 6.92 Å². The molecular weight excluding hydrogens is 228 g/mol. The minimum atomic E-state index is -1.77. The van der Waals surface area contributed by atoms with Gasteiger partial charge < -0.3 is 14.2 Å². The van der Waals surface area contributed by atoms with Crippen molar-refractivity contribution in [2.75, 3.05) is 14.2 Å². The van der Waals surface area contributed by atoms with E-state index >= 15 is 0 Å². The Hall–Kier alpha value is -1.85. The summed E-state index contributed by atoms with van der Waals surface area (Å²) in [4.78, 5) is 34.2. The van der Waals surface area contributed by atoms with E-state index in [-0.39, 0.29) is 0 Å². The van der Waals surface area contributed by atoms with Gasteiger partial charge in [0.15, 0.2) is 0 Å². The first kappa shape index (κ1) is 15.2. The molecule has 6 heteroatoms. The molecule has 0 aliphatic rings. The van der Waals surface area contributed by atoms with Crippen molar-refractivity contribution in [1.29, 1.82) is 0 Å². The molecule has 0 amide bonds. The highest BCUT2D eigenvalue weighted by molar-refractivity contribution is 6.00. The predicted octanol–water partition coefficient (Wildman–Crippen LogP) is 0.456.